The molecule has 0 spiro atoms. The number of benzene rings is 1. The van der Waals surface area contributed by atoms with Crippen molar-refractivity contribution in [1.29, 1.82) is 0 Å². The number of carbonyl (C=O) groups is 1. The summed E-state index contributed by atoms with van der Waals surface area (Å²) in [6, 6.07) is 8.54. The summed E-state index contributed by atoms with van der Waals surface area (Å²) in [5.41, 5.74) is 2.15. The molecule has 0 aromatic heterocycles. The molecule has 0 aliphatic carbocycles. The third kappa shape index (κ3) is 3.40. The van der Waals surface area contributed by atoms with Crippen LogP contribution in [0.25, 0.3) is 0 Å². The van der Waals surface area contributed by atoms with Gasteiger partial charge < -0.3 is 10.2 Å². The van der Waals surface area contributed by atoms with Gasteiger partial charge in [-0.3, -0.25) is 4.79 Å². The van der Waals surface area contributed by atoms with Crippen molar-refractivity contribution in [2.75, 3.05) is 13.6 Å². The van der Waals surface area contributed by atoms with Gasteiger partial charge >= 0.3 is 0 Å². The molecule has 1 aliphatic rings. The highest BCUT2D eigenvalue weighted by atomic mass is 16.2. The molecule has 1 amide bonds. The average Bonchev–Trinajstić information content (AvgIpc) is 2.48. The summed E-state index contributed by atoms with van der Waals surface area (Å²) in [4.78, 5) is 14.5. The number of nitrogens with one attached hydrogen (secondary N) is 1. The van der Waals surface area contributed by atoms with Crippen LogP contribution in [0.4, 0.5) is 0 Å². The van der Waals surface area contributed by atoms with E-state index in [0.29, 0.717) is 6.54 Å². The van der Waals surface area contributed by atoms with Gasteiger partial charge in [-0.05, 0) is 50.3 Å². The molecule has 0 bridgehead atoms. The molecule has 1 N–H and O–H groups in total. The van der Waals surface area contributed by atoms with Crippen LogP contribution < -0.4 is 5.32 Å². The largest absolute Gasteiger partial charge is 0.340 e. The van der Waals surface area contributed by atoms with Crippen LogP contribution in [0, 0.1) is 0 Å². The summed E-state index contributed by atoms with van der Waals surface area (Å²) < 4.78 is 0. The summed E-state index contributed by atoms with van der Waals surface area (Å²) >= 11 is 0. The Morgan fingerprint density at radius 3 is 2.45 bits per heavy atom. The van der Waals surface area contributed by atoms with Crippen LogP contribution in [0.3, 0.4) is 0 Å². The molecule has 1 saturated heterocycles. The van der Waals surface area contributed by atoms with E-state index in [4.69, 9.17) is 0 Å². The molecular weight excluding hydrogens is 248 g/mol. The van der Waals surface area contributed by atoms with E-state index >= 15 is 0 Å². The fourth-order valence-corrected chi connectivity index (χ4v) is 2.89. The smallest absolute Gasteiger partial charge is 0.242 e. The van der Waals surface area contributed by atoms with Gasteiger partial charge in [0, 0.05) is 13.6 Å². The molecule has 20 heavy (non-hydrogen) atoms. The van der Waals surface area contributed by atoms with Gasteiger partial charge in [0.15, 0.2) is 0 Å². The summed E-state index contributed by atoms with van der Waals surface area (Å²) in [5, 5.41) is 3.39. The Balaban J connectivity index is 1.99. The Labute approximate surface area is 122 Å². The first kappa shape index (κ1) is 15.0. The Morgan fingerprint density at radius 2 is 1.90 bits per heavy atom. The van der Waals surface area contributed by atoms with E-state index in [-0.39, 0.29) is 11.4 Å². The molecule has 1 aliphatic heterocycles. The minimum atomic E-state index is -0.379. The molecule has 1 aromatic carbocycles. The third-order valence-electron chi connectivity index (χ3n) is 4.29. The van der Waals surface area contributed by atoms with Gasteiger partial charge in [-0.15, -0.1) is 0 Å². The minimum Gasteiger partial charge on any atom is -0.340 e. The van der Waals surface area contributed by atoms with E-state index in [9.17, 15) is 4.79 Å². The zero-order valence-electron chi connectivity index (χ0n) is 12.9. The van der Waals surface area contributed by atoms with Gasteiger partial charge in [-0.2, -0.15) is 0 Å². The number of rotatable bonds is 4. The van der Waals surface area contributed by atoms with Gasteiger partial charge in [-0.25, -0.2) is 0 Å². The van der Waals surface area contributed by atoms with Crippen LogP contribution in [0.5, 0.6) is 0 Å². The number of hydrogen-bond acceptors (Lipinski definition) is 2. The van der Waals surface area contributed by atoms with E-state index in [1.54, 1.807) is 0 Å². The lowest BCUT2D eigenvalue weighted by Gasteiger charge is -2.36. The molecule has 1 atom stereocenters. The monoisotopic (exact) mass is 274 g/mol. The third-order valence-corrected chi connectivity index (χ3v) is 4.29. The van der Waals surface area contributed by atoms with E-state index in [1.165, 1.54) is 17.5 Å². The van der Waals surface area contributed by atoms with Crippen LogP contribution in [0.15, 0.2) is 24.3 Å². The lowest BCUT2D eigenvalue weighted by Crippen LogP contribution is -2.57. The van der Waals surface area contributed by atoms with E-state index in [1.807, 2.05) is 18.9 Å². The maximum Gasteiger partial charge on any atom is 0.242 e. The van der Waals surface area contributed by atoms with Crippen LogP contribution in [-0.2, 0) is 17.8 Å². The lowest BCUT2D eigenvalue weighted by atomic mass is 9.89. The van der Waals surface area contributed by atoms with E-state index < -0.39 is 0 Å². The first-order valence-corrected chi connectivity index (χ1v) is 7.63. The van der Waals surface area contributed by atoms with Gasteiger partial charge in [0.2, 0.25) is 5.91 Å². The molecule has 1 fully saturated rings. The van der Waals surface area contributed by atoms with E-state index in [0.717, 1.165) is 25.8 Å². The lowest BCUT2D eigenvalue weighted by molar-refractivity contribution is -0.137. The molecule has 0 saturated carbocycles. The molecule has 1 unspecified atom stereocenters. The molecular formula is C17H26N2O. The fourth-order valence-electron chi connectivity index (χ4n) is 2.89. The highest BCUT2D eigenvalue weighted by Gasteiger charge is 2.36. The number of likely N-dealkylation sites (N-methyl/N-ethyl adjacent to an activating group) is 1. The van der Waals surface area contributed by atoms with Crippen molar-refractivity contribution >= 4 is 5.91 Å². The molecule has 1 heterocycles. The van der Waals surface area contributed by atoms with Crippen molar-refractivity contribution in [3.05, 3.63) is 35.4 Å². The normalized spacial score (nSPS) is 22.6. The molecule has 3 nitrogen and oxygen atoms in total. The highest BCUT2D eigenvalue weighted by molar-refractivity contribution is 5.85. The first-order chi connectivity index (χ1) is 9.55. The van der Waals surface area contributed by atoms with Gasteiger partial charge in [-0.1, -0.05) is 31.2 Å². The Bertz CT molecular complexity index is 447. The second-order valence-corrected chi connectivity index (χ2v) is 6.05. The molecule has 110 valence electrons. The predicted molar refractivity (Wildman–Crippen MR) is 82.6 cm³/mol. The quantitative estimate of drug-likeness (QED) is 0.915. The SMILES string of the molecule is CCc1ccc(CN(C)C(=O)C2(C)CCCCN2)cc1. The number of hydrogen-bond donors (Lipinski definition) is 1. The molecule has 2 rings (SSSR count). The fraction of sp³-hybridized carbons (Fsp3) is 0.588. The highest BCUT2D eigenvalue weighted by Crippen LogP contribution is 2.21. The number of amides is 1. The summed E-state index contributed by atoms with van der Waals surface area (Å²) in [6.07, 6.45) is 4.29. The van der Waals surface area contributed by atoms with Crippen molar-refractivity contribution in [2.24, 2.45) is 0 Å². The number of aryl methyl sites for hydroxylation is 1. The standard InChI is InChI=1S/C17H26N2O/c1-4-14-7-9-15(10-8-14)13-19(3)16(20)17(2)11-5-6-12-18-17/h7-10,18H,4-6,11-13H2,1-3H3. The van der Waals surface area contributed by atoms with Crippen LogP contribution in [-0.4, -0.2) is 29.9 Å². The first-order valence-electron chi connectivity index (χ1n) is 7.63. The van der Waals surface area contributed by atoms with E-state index in [2.05, 4.69) is 36.5 Å². The van der Waals surface area contributed by atoms with Crippen LogP contribution >= 0.6 is 0 Å². The Morgan fingerprint density at radius 1 is 1.25 bits per heavy atom. The van der Waals surface area contributed by atoms with Gasteiger partial charge in [0.25, 0.3) is 0 Å². The molecule has 0 radical (unpaired) electrons. The average molecular weight is 274 g/mol. The Kier molecular flexibility index (Phi) is 4.81. The molecule has 3 heteroatoms. The van der Waals surface area contributed by atoms with Crippen molar-refractivity contribution in [1.82, 2.24) is 10.2 Å². The second-order valence-electron chi connectivity index (χ2n) is 6.05. The second kappa shape index (κ2) is 6.40. The predicted octanol–water partition coefficient (Wildman–Crippen LogP) is 2.74. The van der Waals surface area contributed by atoms with Crippen molar-refractivity contribution in [3.63, 3.8) is 0 Å². The maximum atomic E-state index is 12.6. The zero-order chi connectivity index (χ0) is 14.6. The number of nitrogens with zero attached hydrogens (tertiary/aromatic N) is 1. The zero-order valence-corrected chi connectivity index (χ0v) is 12.9. The van der Waals surface area contributed by atoms with Crippen molar-refractivity contribution < 1.29 is 4.79 Å². The Hall–Kier alpha value is -1.35. The van der Waals surface area contributed by atoms with Gasteiger partial charge in [0.05, 0.1) is 5.54 Å². The van der Waals surface area contributed by atoms with Crippen LogP contribution in [0.1, 0.15) is 44.2 Å². The van der Waals surface area contributed by atoms with Crippen LogP contribution in [0.2, 0.25) is 0 Å². The number of piperidine rings is 1. The van der Waals surface area contributed by atoms with Crippen molar-refractivity contribution in [3.8, 4) is 0 Å². The molecule has 1 aromatic rings. The van der Waals surface area contributed by atoms with Gasteiger partial charge in [0.1, 0.15) is 0 Å². The number of carbonyl (C=O) groups excluding carboxylic acids is 1. The van der Waals surface area contributed by atoms with Crippen molar-refractivity contribution in [2.45, 2.75) is 51.6 Å². The topological polar surface area (TPSA) is 32.3 Å². The maximum absolute atomic E-state index is 12.6. The summed E-state index contributed by atoms with van der Waals surface area (Å²) in [6.45, 7) is 5.81. The minimum absolute atomic E-state index is 0.205. The summed E-state index contributed by atoms with van der Waals surface area (Å²) in [5.74, 6) is 0.205. The summed E-state index contributed by atoms with van der Waals surface area (Å²) in [7, 11) is 1.90.